The number of hydrogen-bond acceptors (Lipinski definition) is 3. The molecule has 4 nitrogen and oxygen atoms in total. The molecular weight excluding hydrogens is 264 g/mol. The Bertz CT molecular complexity index is 639. The highest BCUT2D eigenvalue weighted by molar-refractivity contribution is 5.72. The van der Waals surface area contributed by atoms with Crippen molar-refractivity contribution in [2.75, 3.05) is 7.11 Å². The number of aryl methyl sites for hydroxylation is 1. The van der Waals surface area contributed by atoms with E-state index in [0.717, 1.165) is 43.4 Å². The standard InChI is InChI=1S/C17H22N2O2/c1-12-10-19-11-14(5-8-16(19)18-12)9-13-3-6-15(7-4-13)17(20)21-2/h5,8,10-11,13,15H,3-4,6-7,9H2,1-2H3/t13-,15-. The Morgan fingerprint density at radius 2 is 2.05 bits per heavy atom. The number of pyridine rings is 1. The molecular formula is C17H22N2O2. The van der Waals surface area contributed by atoms with Crippen LogP contribution in [-0.2, 0) is 16.0 Å². The molecule has 2 aromatic heterocycles. The van der Waals surface area contributed by atoms with Gasteiger partial charge in [-0.25, -0.2) is 4.98 Å². The fraction of sp³-hybridized carbons (Fsp3) is 0.529. The van der Waals surface area contributed by atoms with Crippen molar-refractivity contribution in [2.45, 2.75) is 39.0 Å². The van der Waals surface area contributed by atoms with Gasteiger partial charge in [0.05, 0.1) is 18.7 Å². The van der Waals surface area contributed by atoms with Crippen LogP contribution in [0.15, 0.2) is 24.5 Å². The van der Waals surface area contributed by atoms with Gasteiger partial charge in [0.25, 0.3) is 0 Å². The second kappa shape index (κ2) is 5.88. The van der Waals surface area contributed by atoms with Crippen LogP contribution in [0, 0.1) is 18.8 Å². The molecule has 0 aromatic carbocycles. The Kier molecular flexibility index (Phi) is 3.95. The first-order valence-corrected chi connectivity index (χ1v) is 7.68. The Labute approximate surface area is 125 Å². The zero-order valence-electron chi connectivity index (χ0n) is 12.7. The van der Waals surface area contributed by atoms with Crippen LogP contribution in [0.5, 0.6) is 0 Å². The average Bonchev–Trinajstić information content (AvgIpc) is 2.86. The van der Waals surface area contributed by atoms with E-state index in [4.69, 9.17) is 4.74 Å². The Morgan fingerprint density at radius 3 is 2.76 bits per heavy atom. The number of methoxy groups -OCH3 is 1. The zero-order chi connectivity index (χ0) is 14.8. The number of ether oxygens (including phenoxy) is 1. The number of carbonyl (C=O) groups excluding carboxylic acids is 1. The van der Waals surface area contributed by atoms with E-state index in [1.165, 1.54) is 12.7 Å². The van der Waals surface area contributed by atoms with Gasteiger partial charge < -0.3 is 9.14 Å². The first-order valence-electron chi connectivity index (χ1n) is 7.68. The maximum atomic E-state index is 11.5. The number of aromatic nitrogens is 2. The summed E-state index contributed by atoms with van der Waals surface area (Å²) >= 11 is 0. The third kappa shape index (κ3) is 3.09. The summed E-state index contributed by atoms with van der Waals surface area (Å²) in [5.74, 6) is 0.752. The van der Waals surface area contributed by atoms with E-state index in [1.54, 1.807) is 0 Å². The molecule has 0 N–H and O–H groups in total. The van der Waals surface area contributed by atoms with Gasteiger partial charge in [0.1, 0.15) is 5.65 Å². The van der Waals surface area contributed by atoms with Gasteiger partial charge in [-0.05, 0) is 56.6 Å². The summed E-state index contributed by atoms with van der Waals surface area (Å²) in [4.78, 5) is 16.0. The maximum Gasteiger partial charge on any atom is 0.308 e. The van der Waals surface area contributed by atoms with Gasteiger partial charge in [-0.15, -0.1) is 0 Å². The molecule has 0 unspecified atom stereocenters. The van der Waals surface area contributed by atoms with Crippen LogP contribution in [0.1, 0.15) is 36.9 Å². The molecule has 0 saturated heterocycles. The highest BCUT2D eigenvalue weighted by Gasteiger charge is 2.26. The lowest BCUT2D eigenvalue weighted by molar-refractivity contribution is -0.146. The normalized spacial score (nSPS) is 22.4. The van der Waals surface area contributed by atoms with Crippen LogP contribution in [0.25, 0.3) is 5.65 Å². The number of carbonyl (C=O) groups is 1. The van der Waals surface area contributed by atoms with Gasteiger partial charge in [0.15, 0.2) is 0 Å². The van der Waals surface area contributed by atoms with Crippen molar-refractivity contribution in [1.29, 1.82) is 0 Å². The van der Waals surface area contributed by atoms with Crippen LogP contribution >= 0.6 is 0 Å². The van der Waals surface area contributed by atoms with E-state index >= 15 is 0 Å². The van der Waals surface area contributed by atoms with Crippen molar-refractivity contribution in [3.63, 3.8) is 0 Å². The van der Waals surface area contributed by atoms with Crippen molar-refractivity contribution in [1.82, 2.24) is 9.38 Å². The molecule has 1 aliphatic carbocycles. The van der Waals surface area contributed by atoms with Crippen molar-refractivity contribution < 1.29 is 9.53 Å². The summed E-state index contributed by atoms with van der Waals surface area (Å²) < 4.78 is 6.95. The number of rotatable bonds is 3. The van der Waals surface area contributed by atoms with Crippen molar-refractivity contribution in [2.24, 2.45) is 11.8 Å². The number of esters is 1. The van der Waals surface area contributed by atoms with Gasteiger partial charge >= 0.3 is 5.97 Å². The minimum Gasteiger partial charge on any atom is -0.469 e. The highest BCUT2D eigenvalue weighted by Crippen LogP contribution is 2.31. The molecule has 4 heteroatoms. The topological polar surface area (TPSA) is 43.6 Å². The minimum atomic E-state index is -0.0382. The quantitative estimate of drug-likeness (QED) is 0.814. The van der Waals surface area contributed by atoms with Crippen LogP contribution in [0.2, 0.25) is 0 Å². The largest absolute Gasteiger partial charge is 0.469 e. The van der Waals surface area contributed by atoms with Crippen LogP contribution in [0.4, 0.5) is 0 Å². The fourth-order valence-electron chi connectivity index (χ4n) is 3.39. The molecule has 3 rings (SSSR count). The molecule has 1 aliphatic rings. The second-order valence-corrected chi connectivity index (χ2v) is 6.13. The molecule has 0 radical (unpaired) electrons. The Hall–Kier alpha value is -1.84. The second-order valence-electron chi connectivity index (χ2n) is 6.13. The highest BCUT2D eigenvalue weighted by atomic mass is 16.5. The van der Waals surface area contributed by atoms with Crippen LogP contribution in [-0.4, -0.2) is 22.5 Å². The predicted molar refractivity (Wildman–Crippen MR) is 81.1 cm³/mol. The molecule has 0 aliphatic heterocycles. The SMILES string of the molecule is COC(=O)[C@H]1CC[C@H](Cc2ccc3nc(C)cn3c2)CC1. The molecule has 1 saturated carbocycles. The van der Waals surface area contributed by atoms with Gasteiger partial charge in [-0.1, -0.05) is 6.07 Å². The lowest BCUT2D eigenvalue weighted by Gasteiger charge is -2.26. The molecule has 0 bridgehead atoms. The van der Waals surface area contributed by atoms with E-state index in [0.29, 0.717) is 5.92 Å². The summed E-state index contributed by atoms with van der Waals surface area (Å²) in [7, 11) is 1.48. The van der Waals surface area contributed by atoms with E-state index in [1.807, 2.05) is 6.92 Å². The summed E-state index contributed by atoms with van der Waals surface area (Å²) in [5, 5.41) is 0. The number of imidazole rings is 1. The van der Waals surface area contributed by atoms with E-state index in [2.05, 4.69) is 33.9 Å². The molecule has 0 spiro atoms. The molecule has 21 heavy (non-hydrogen) atoms. The van der Waals surface area contributed by atoms with Crippen molar-refractivity contribution >= 4 is 11.6 Å². The van der Waals surface area contributed by atoms with E-state index in [-0.39, 0.29) is 11.9 Å². The smallest absolute Gasteiger partial charge is 0.308 e. The molecule has 2 aromatic rings. The summed E-state index contributed by atoms with van der Waals surface area (Å²) in [6, 6.07) is 4.26. The summed E-state index contributed by atoms with van der Waals surface area (Å²) in [5.41, 5.74) is 3.40. The third-order valence-corrected chi connectivity index (χ3v) is 4.54. The number of nitrogens with zero attached hydrogens (tertiary/aromatic N) is 2. The lowest BCUT2D eigenvalue weighted by atomic mass is 9.79. The molecule has 2 heterocycles. The monoisotopic (exact) mass is 286 g/mol. The molecule has 0 atom stereocenters. The van der Waals surface area contributed by atoms with E-state index in [9.17, 15) is 4.79 Å². The molecule has 0 amide bonds. The molecule has 112 valence electrons. The first-order chi connectivity index (χ1) is 10.2. The third-order valence-electron chi connectivity index (χ3n) is 4.54. The van der Waals surface area contributed by atoms with Gasteiger partial charge in [-0.3, -0.25) is 4.79 Å². The van der Waals surface area contributed by atoms with Gasteiger partial charge in [0, 0.05) is 12.4 Å². The average molecular weight is 286 g/mol. The van der Waals surface area contributed by atoms with Gasteiger partial charge in [-0.2, -0.15) is 0 Å². The first kappa shape index (κ1) is 14.1. The van der Waals surface area contributed by atoms with Crippen molar-refractivity contribution in [3.8, 4) is 0 Å². The summed E-state index contributed by atoms with van der Waals surface area (Å²) in [6.45, 7) is 2.01. The summed E-state index contributed by atoms with van der Waals surface area (Å²) in [6.07, 6.45) is 9.48. The number of hydrogen-bond donors (Lipinski definition) is 0. The number of fused-ring (bicyclic) bond motifs is 1. The van der Waals surface area contributed by atoms with Crippen molar-refractivity contribution in [3.05, 3.63) is 35.8 Å². The minimum absolute atomic E-state index is 0.0382. The lowest BCUT2D eigenvalue weighted by Crippen LogP contribution is -2.23. The zero-order valence-corrected chi connectivity index (χ0v) is 12.7. The van der Waals surface area contributed by atoms with Crippen LogP contribution in [0.3, 0.4) is 0 Å². The fourth-order valence-corrected chi connectivity index (χ4v) is 3.39. The predicted octanol–water partition coefficient (Wildman–Crippen LogP) is 3.16. The van der Waals surface area contributed by atoms with E-state index < -0.39 is 0 Å². The molecule has 1 fully saturated rings. The Morgan fingerprint density at radius 1 is 1.29 bits per heavy atom. The Balaban J connectivity index is 1.62. The van der Waals surface area contributed by atoms with Crippen LogP contribution < -0.4 is 0 Å². The maximum absolute atomic E-state index is 11.5. The van der Waals surface area contributed by atoms with Gasteiger partial charge in [0.2, 0.25) is 0 Å².